The Morgan fingerprint density at radius 3 is 2.46 bits per heavy atom. The zero-order valence-electron chi connectivity index (χ0n) is 7.49. The Morgan fingerprint density at radius 1 is 1.38 bits per heavy atom. The molecule has 1 fully saturated rings. The van der Waals surface area contributed by atoms with Crippen LogP contribution in [0.5, 0.6) is 0 Å². The second kappa shape index (κ2) is 4.07. The summed E-state index contributed by atoms with van der Waals surface area (Å²) < 4.78 is 0. The van der Waals surface area contributed by atoms with Crippen molar-refractivity contribution in [1.82, 2.24) is 5.32 Å². The van der Waals surface area contributed by atoms with Gasteiger partial charge in [0.05, 0.1) is 0 Å². The standard InChI is InChI=1S/C9H13NO3/c1-6-4-7(5-6)10-8(11)2-3-9(12)13/h2-3,6-7H,4-5H2,1H3,(H,10,11)(H,12,13)/b3-2+. The van der Waals surface area contributed by atoms with Crippen LogP contribution in [0.4, 0.5) is 0 Å². The van der Waals surface area contributed by atoms with Gasteiger partial charge >= 0.3 is 5.97 Å². The Labute approximate surface area is 76.6 Å². The predicted octanol–water partition coefficient (Wildman–Crippen LogP) is 0.542. The molecule has 0 aromatic heterocycles. The molecular weight excluding hydrogens is 170 g/mol. The third kappa shape index (κ3) is 3.27. The maximum absolute atomic E-state index is 11.0. The number of hydrogen-bond acceptors (Lipinski definition) is 2. The first-order valence-electron chi connectivity index (χ1n) is 4.29. The molecule has 1 saturated carbocycles. The van der Waals surface area contributed by atoms with E-state index in [4.69, 9.17) is 5.11 Å². The van der Waals surface area contributed by atoms with Crippen molar-refractivity contribution in [3.05, 3.63) is 12.2 Å². The highest BCUT2D eigenvalue weighted by molar-refractivity contribution is 5.94. The fourth-order valence-electron chi connectivity index (χ4n) is 1.42. The van der Waals surface area contributed by atoms with E-state index >= 15 is 0 Å². The van der Waals surface area contributed by atoms with Gasteiger partial charge in [-0.1, -0.05) is 6.92 Å². The fraction of sp³-hybridized carbons (Fsp3) is 0.556. The van der Waals surface area contributed by atoms with E-state index in [0.29, 0.717) is 5.92 Å². The summed E-state index contributed by atoms with van der Waals surface area (Å²) in [5.74, 6) is -0.745. The summed E-state index contributed by atoms with van der Waals surface area (Å²) >= 11 is 0. The molecule has 1 aliphatic rings. The van der Waals surface area contributed by atoms with Gasteiger partial charge in [0, 0.05) is 18.2 Å². The van der Waals surface area contributed by atoms with Crippen molar-refractivity contribution in [2.24, 2.45) is 5.92 Å². The van der Waals surface area contributed by atoms with Crippen molar-refractivity contribution in [3.8, 4) is 0 Å². The van der Waals surface area contributed by atoms with E-state index in [1.807, 2.05) is 0 Å². The van der Waals surface area contributed by atoms with Gasteiger partial charge in [-0.3, -0.25) is 4.79 Å². The highest BCUT2D eigenvalue weighted by atomic mass is 16.4. The van der Waals surface area contributed by atoms with Crippen molar-refractivity contribution < 1.29 is 14.7 Å². The van der Waals surface area contributed by atoms with Crippen LogP contribution in [0.2, 0.25) is 0 Å². The van der Waals surface area contributed by atoms with E-state index in [-0.39, 0.29) is 11.9 Å². The van der Waals surface area contributed by atoms with E-state index in [1.165, 1.54) is 0 Å². The Morgan fingerprint density at radius 2 is 2.00 bits per heavy atom. The molecular formula is C9H13NO3. The maximum atomic E-state index is 11.0. The van der Waals surface area contributed by atoms with Crippen LogP contribution in [0, 0.1) is 5.92 Å². The van der Waals surface area contributed by atoms with Crippen LogP contribution >= 0.6 is 0 Å². The molecule has 0 bridgehead atoms. The number of aliphatic carboxylic acids is 1. The first-order chi connectivity index (χ1) is 6.08. The van der Waals surface area contributed by atoms with Crippen LogP contribution in [0.25, 0.3) is 0 Å². The molecule has 2 N–H and O–H groups in total. The largest absolute Gasteiger partial charge is 0.478 e. The molecule has 1 rings (SSSR count). The number of carboxylic acids is 1. The number of nitrogens with one attached hydrogen (secondary N) is 1. The Kier molecular flexibility index (Phi) is 3.06. The van der Waals surface area contributed by atoms with E-state index < -0.39 is 5.97 Å². The average Bonchev–Trinajstić information content (AvgIpc) is 1.98. The topological polar surface area (TPSA) is 66.4 Å². The summed E-state index contributed by atoms with van der Waals surface area (Å²) in [5, 5.41) is 11.0. The summed E-state index contributed by atoms with van der Waals surface area (Å²) in [6, 6.07) is 0.237. The second-order valence-electron chi connectivity index (χ2n) is 3.45. The predicted molar refractivity (Wildman–Crippen MR) is 47.1 cm³/mol. The molecule has 0 unspecified atom stereocenters. The average molecular weight is 183 g/mol. The summed E-state index contributed by atoms with van der Waals surface area (Å²) in [7, 11) is 0. The molecule has 0 atom stereocenters. The van der Waals surface area contributed by atoms with Crippen molar-refractivity contribution in [2.45, 2.75) is 25.8 Å². The van der Waals surface area contributed by atoms with Crippen LogP contribution in [-0.2, 0) is 9.59 Å². The minimum atomic E-state index is -1.10. The Bertz CT molecular complexity index is 241. The van der Waals surface area contributed by atoms with Gasteiger partial charge in [0.15, 0.2) is 0 Å². The van der Waals surface area contributed by atoms with Crippen molar-refractivity contribution in [2.75, 3.05) is 0 Å². The van der Waals surface area contributed by atoms with Crippen LogP contribution in [0.1, 0.15) is 19.8 Å². The lowest BCUT2D eigenvalue weighted by atomic mass is 9.82. The smallest absolute Gasteiger partial charge is 0.328 e. The molecule has 72 valence electrons. The van der Waals surface area contributed by atoms with Crippen molar-refractivity contribution in [1.29, 1.82) is 0 Å². The number of hydrogen-bond donors (Lipinski definition) is 2. The molecule has 0 spiro atoms. The fourth-order valence-corrected chi connectivity index (χ4v) is 1.42. The molecule has 4 heteroatoms. The molecule has 0 aromatic rings. The summed E-state index contributed by atoms with van der Waals surface area (Å²) in [4.78, 5) is 21.1. The lowest BCUT2D eigenvalue weighted by Crippen LogP contribution is -2.42. The zero-order chi connectivity index (χ0) is 9.84. The number of amides is 1. The first-order valence-corrected chi connectivity index (χ1v) is 4.29. The van der Waals surface area contributed by atoms with Gasteiger partial charge in [-0.15, -0.1) is 0 Å². The highest BCUT2D eigenvalue weighted by Crippen LogP contribution is 2.25. The van der Waals surface area contributed by atoms with Gasteiger partial charge in [-0.05, 0) is 18.8 Å². The number of rotatable bonds is 3. The molecule has 0 aromatic carbocycles. The van der Waals surface area contributed by atoms with Crippen molar-refractivity contribution in [3.63, 3.8) is 0 Å². The molecule has 0 saturated heterocycles. The first kappa shape index (κ1) is 9.77. The molecule has 0 heterocycles. The number of carbonyl (C=O) groups is 2. The molecule has 1 amide bonds. The maximum Gasteiger partial charge on any atom is 0.328 e. The van der Waals surface area contributed by atoms with Crippen LogP contribution in [0.3, 0.4) is 0 Å². The van der Waals surface area contributed by atoms with Crippen LogP contribution in [0.15, 0.2) is 12.2 Å². The van der Waals surface area contributed by atoms with Gasteiger partial charge in [-0.25, -0.2) is 4.79 Å². The lowest BCUT2D eigenvalue weighted by Gasteiger charge is -2.32. The van der Waals surface area contributed by atoms with Gasteiger partial charge in [0.1, 0.15) is 0 Å². The van der Waals surface area contributed by atoms with Crippen LogP contribution < -0.4 is 5.32 Å². The molecule has 0 radical (unpaired) electrons. The minimum Gasteiger partial charge on any atom is -0.478 e. The molecule has 1 aliphatic carbocycles. The summed E-state index contributed by atoms with van der Waals surface area (Å²) in [6.45, 7) is 2.12. The van der Waals surface area contributed by atoms with E-state index in [9.17, 15) is 9.59 Å². The van der Waals surface area contributed by atoms with Gasteiger partial charge in [-0.2, -0.15) is 0 Å². The molecule has 0 aliphatic heterocycles. The SMILES string of the molecule is CC1CC(NC(=O)/C=C/C(=O)O)C1. The summed E-state index contributed by atoms with van der Waals surface area (Å²) in [6.07, 6.45) is 3.88. The normalized spacial score (nSPS) is 26.8. The number of carboxylic acid groups (broad SMARTS) is 1. The summed E-state index contributed by atoms with van der Waals surface area (Å²) in [5.41, 5.74) is 0. The van der Waals surface area contributed by atoms with E-state index in [2.05, 4.69) is 12.2 Å². The van der Waals surface area contributed by atoms with Gasteiger partial charge < -0.3 is 10.4 Å². The van der Waals surface area contributed by atoms with Gasteiger partial charge in [0.25, 0.3) is 0 Å². The third-order valence-corrected chi connectivity index (χ3v) is 2.10. The Balaban J connectivity index is 2.22. The van der Waals surface area contributed by atoms with E-state index in [1.54, 1.807) is 0 Å². The zero-order valence-corrected chi connectivity index (χ0v) is 7.49. The number of carbonyl (C=O) groups excluding carboxylic acids is 1. The monoisotopic (exact) mass is 183 g/mol. The van der Waals surface area contributed by atoms with Crippen molar-refractivity contribution >= 4 is 11.9 Å². The molecule has 13 heavy (non-hydrogen) atoms. The van der Waals surface area contributed by atoms with Crippen LogP contribution in [-0.4, -0.2) is 23.0 Å². The van der Waals surface area contributed by atoms with E-state index in [0.717, 1.165) is 25.0 Å². The minimum absolute atomic E-state index is 0.237. The lowest BCUT2D eigenvalue weighted by molar-refractivity contribution is -0.131. The van der Waals surface area contributed by atoms with Gasteiger partial charge in [0.2, 0.25) is 5.91 Å². The third-order valence-electron chi connectivity index (χ3n) is 2.10. The highest BCUT2D eigenvalue weighted by Gasteiger charge is 2.25. The second-order valence-corrected chi connectivity index (χ2v) is 3.45. The quantitative estimate of drug-likeness (QED) is 0.627. The Hall–Kier alpha value is -1.32. The molecule has 4 nitrogen and oxygen atoms in total.